The SMILES string of the molecule is Clc1cc2c(s1)CCC2NCc1nn[nH]n1. The zero-order valence-electron chi connectivity index (χ0n) is 8.40. The minimum absolute atomic E-state index is 0.372. The van der Waals surface area contributed by atoms with Crippen LogP contribution in [0.4, 0.5) is 0 Å². The van der Waals surface area contributed by atoms with Gasteiger partial charge in [0.2, 0.25) is 0 Å². The van der Waals surface area contributed by atoms with Gasteiger partial charge in [0.25, 0.3) is 0 Å². The van der Waals surface area contributed by atoms with Crippen LogP contribution < -0.4 is 5.32 Å². The van der Waals surface area contributed by atoms with Crippen LogP contribution in [0.25, 0.3) is 0 Å². The number of aryl methyl sites for hydroxylation is 1. The van der Waals surface area contributed by atoms with Crippen molar-refractivity contribution in [2.45, 2.75) is 25.4 Å². The quantitative estimate of drug-likeness (QED) is 0.876. The minimum Gasteiger partial charge on any atom is -0.303 e. The highest BCUT2D eigenvalue weighted by molar-refractivity contribution is 7.16. The van der Waals surface area contributed by atoms with Crippen molar-refractivity contribution in [2.75, 3.05) is 0 Å². The fourth-order valence-corrected chi connectivity index (χ4v) is 3.37. The first kappa shape index (κ1) is 10.2. The first-order valence-electron chi connectivity index (χ1n) is 5.07. The zero-order valence-corrected chi connectivity index (χ0v) is 9.98. The maximum absolute atomic E-state index is 5.99. The second kappa shape index (κ2) is 4.12. The van der Waals surface area contributed by atoms with E-state index in [0.29, 0.717) is 18.4 Å². The van der Waals surface area contributed by atoms with E-state index < -0.39 is 0 Å². The third kappa shape index (κ3) is 1.83. The monoisotopic (exact) mass is 255 g/mol. The molecular formula is C9H10ClN5S. The molecule has 1 atom stereocenters. The van der Waals surface area contributed by atoms with E-state index in [2.05, 4.69) is 32.0 Å². The number of nitrogens with zero attached hydrogens (tertiary/aromatic N) is 3. The van der Waals surface area contributed by atoms with Crippen molar-refractivity contribution in [1.82, 2.24) is 25.9 Å². The summed E-state index contributed by atoms with van der Waals surface area (Å²) in [5.41, 5.74) is 1.33. The number of H-pyrrole nitrogens is 1. The fraction of sp³-hybridized carbons (Fsp3) is 0.444. The van der Waals surface area contributed by atoms with Crippen LogP contribution in [-0.2, 0) is 13.0 Å². The first-order chi connectivity index (χ1) is 7.83. The smallest absolute Gasteiger partial charge is 0.188 e. The molecule has 1 aliphatic carbocycles. The Morgan fingerprint density at radius 2 is 2.56 bits per heavy atom. The Morgan fingerprint density at radius 1 is 1.62 bits per heavy atom. The molecule has 0 fully saturated rings. The molecule has 0 aliphatic heterocycles. The molecule has 2 aromatic heterocycles. The summed E-state index contributed by atoms with van der Waals surface area (Å²) < 4.78 is 0.871. The Kier molecular flexibility index (Phi) is 2.62. The van der Waals surface area contributed by atoms with E-state index in [9.17, 15) is 0 Å². The van der Waals surface area contributed by atoms with Crippen LogP contribution in [0, 0.1) is 0 Å². The molecule has 0 spiro atoms. The van der Waals surface area contributed by atoms with Gasteiger partial charge < -0.3 is 5.32 Å². The van der Waals surface area contributed by atoms with Crippen LogP contribution >= 0.6 is 22.9 Å². The van der Waals surface area contributed by atoms with Crippen molar-refractivity contribution < 1.29 is 0 Å². The Hall–Kier alpha value is -0.980. The average Bonchev–Trinajstić information content (AvgIpc) is 2.91. The molecule has 2 heterocycles. The lowest BCUT2D eigenvalue weighted by molar-refractivity contribution is 0.519. The molecule has 16 heavy (non-hydrogen) atoms. The van der Waals surface area contributed by atoms with Crippen molar-refractivity contribution in [1.29, 1.82) is 0 Å². The van der Waals surface area contributed by atoms with Crippen LogP contribution in [0.2, 0.25) is 4.34 Å². The summed E-state index contributed by atoms with van der Waals surface area (Å²) in [7, 11) is 0. The molecule has 2 N–H and O–H groups in total. The summed E-state index contributed by atoms with van der Waals surface area (Å²) in [5, 5.41) is 17.2. The highest BCUT2D eigenvalue weighted by atomic mass is 35.5. The number of fused-ring (bicyclic) bond motifs is 1. The number of aromatic nitrogens is 4. The van der Waals surface area contributed by atoms with E-state index >= 15 is 0 Å². The zero-order chi connectivity index (χ0) is 11.0. The van der Waals surface area contributed by atoms with Crippen molar-refractivity contribution in [2.24, 2.45) is 0 Å². The maximum Gasteiger partial charge on any atom is 0.188 e. The molecule has 0 bridgehead atoms. The van der Waals surface area contributed by atoms with Gasteiger partial charge in [-0.05, 0) is 24.5 Å². The van der Waals surface area contributed by atoms with Gasteiger partial charge in [-0.25, -0.2) is 0 Å². The van der Waals surface area contributed by atoms with Crippen molar-refractivity contribution >= 4 is 22.9 Å². The standard InChI is InChI=1S/C9H10ClN5S/c10-8-3-5-6(1-2-7(5)16-8)11-4-9-12-14-15-13-9/h3,6,11H,1-2,4H2,(H,12,13,14,15). The van der Waals surface area contributed by atoms with Gasteiger partial charge in [0, 0.05) is 10.9 Å². The van der Waals surface area contributed by atoms with Gasteiger partial charge in [-0.3, -0.25) is 0 Å². The molecular weight excluding hydrogens is 246 g/mol. The highest BCUT2D eigenvalue weighted by Crippen LogP contribution is 2.39. The van der Waals surface area contributed by atoms with Crippen molar-refractivity contribution in [3.63, 3.8) is 0 Å². The Morgan fingerprint density at radius 3 is 3.38 bits per heavy atom. The molecule has 0 amide bonds. The van der Waals surface area contributed by atoms with E-state index in [1.165, 1.54) is 10.4 Å². The largest absolute Gasteiger partial charge is 0.303 e. The van der Waals surface area contributed by atoms with E-state index in [0.717, 1.165) is 17.2 Å². The predicted molar refractivity (Wildman–Crippen MR) is 61.4 cm³/mol. The van der Waals surface area contributed by atoms with Gasteiger partial charge in [0.1, 0.15) is 0 Å². The molecule has 7 heteroatoms. The van der Waals surface area contributed by atoms with Crippen LogP contribution in [0.5, 0.6) is 0 Å². The topological polar surface area (TPSA) is 66.5 Å². The van der Waals surface area contributed by atoms with E-state index in [-0.39, 0.29) is 0 Å². The summed E-state index contributed by atoms with van der Waals surface area (Å²) in [6.45, 7) is 0.633. The van der Waals surface area contributed by atoms with Crippen LogP contribution in [-0.4, -0.2) is 20.6 Å². The molecule has 1 aliphatic rings. The van der Waals surface area contributed by atoms with Gasteiger partial charge in [-0.2, -0.15) is 5.21 Å². The number of halogens is 1. The van der Waals surface area contributed by atoms with E-state index in [1.54, 1.807) is 11.3 Å². The number of hydrogen-bond acceptors (Lipinski definition) is 5. The number of aromatic amines is 1. The van der Waals surface area contributed by atoms with Crippen LogP contribution in [0.3, 0.4) is 0 Å². The lowest BCUT2D eigenvalue weighted by Gasteiger charge is -2.10. The molecule has 1 unspecified atom stereocenters. The van der Waals surface area contributed by atoms with E-state index in [4.69, 9.17) is 11.6 Å². The van der Waals surface area contributed by atoms with Gasteiger partial charge in [-0.15, -0.1) is 21.5 Å². The molecule has 2 aromatic rings. The Labute approximate surface area is 101 Å². The molecule has 0 saturated carbocycles. The van der Waals surface area contributed by atoms with Gasteiger partial charge in [0.05, 0.1) is 10.9 Å². The normalized spacial score (nSPS) is 18.9. The maximum atomic E-state index is 5.99. The number of rotatable bonds is 3. The molecule has 3 rings (SSSR count). The van der Waals surface area contributed by atoms with Crippen molar-refractivity contribution in [3.8, 4) is 0 Å². The Bertz CT molecular complexity index is 480. The lowest BCUT2D eigenvalue weighted by Crippen LogP contribution is -2.19. The summed E-state index contributed by atoms with van der Waals surface area (Å²) in [6, 6.07) is 2.43. The third-order valence-corrected chi connectivity index (χ3v) is 4.08. The summed E-state index contributed by atoms with van der Waals surface area (Å²) in [5.74, 6) is 0.690. The lowest BCUT2D eigenvalue weighted by atomic mass is 10.2. The third-order valence-electron chi connectivity index (χ3n) is 2.74. The number of tetrazole rings is 1. The molecule has 0 aromatic carbocycles. The number of thiophene rings is 1. The van der Waals surface area contributed by atoms with Gasteiger partial charge in [0.15, 0.2) is 5.82 Å². The molecule has 5 nitrogen and oxygen atoms in total. The van der Waals surface area contributed by atoms with Gasteiger partial charge >= 0.3 is 0 Å². The number of hydrogen-bond donors (Lipinski definition) is 2. The average molecular weight is 256 g/mol. The number of nitrogens with one attached hydrogen (secondary N) is 2. The summed E-state index contributed by atoms with van der Waals surface area (Å²) in [6.07, 6.45) is 2.23. The van der Waals surface area contributed by atoms with Crippen LogP contribution in [0.1, 0.15) is 28.7 Å². The van der Waals surface area contributed by atoms with Crippen molar-refractivity contribution in [3.05, 3.63) is 26.7 Å². The second-order valence-corrected chi connectivity index (χ2v) is 5.50. The summed E-state index contributed by atoms with van der Waals surface area (Å²) >= 11 is 7.67. The highest BCUT2D eigenvalue weighted by Gasteiger charge is 2.24. The molecule has 0 radical (unpaired) electrons. The molecule has 84 valence electrons. The van der Waals surface area contributed by atoms with Crippen LogP contribution in [0.15, 0.2) is 6.07 Å². The minimum atomic E-state index is 0.372. The summed E-state index contributed by atoms with van der Waals surface area (Å²) in [4.78, 5) is 1.40. The first-order valence-corrected chi connectivity index (χ1v) is 6.26. The van der Waals surface area contributed by atoms with E-state index in [1.807, 2.05) is 0 Å². The fourth-order valence-electron chi connectivity index (χ4n) is 2.01. The predicted octanol–water partition coefficient (Wildman–Crippen LogP) is 1.69. The Balaban J connectivity index is 1.69. The second-order valence-electron chi connectivity index (χ2n) is 3.73. The van der Waals surface area contributed by atoms with Gasteiger partial charge in [-0.1, -0.05) is 16.8 Å². The molecule has 0 saturated heterocycles.